The molecule has 1 fully saturated rings. The van der Waals surface area contributed by atoms with Crippen molar-refractivity contribution in [1.29, 1.82) is 0 Å². The molecule has 0 radical (unpaired) electrons. The van der Waals surface area contributed by atoms with Crippen LogP contribution in [-0.4, -0.2) is 53.8 Å². The molecule has 2 aromatic carbocycles. The van der Waals surface area contributed by atoms with Gasteiger partial charge in [-0.1, -0.05) is 30.3 Å². The molecular weight excluding hydrogens is 409 g/mol. The van der Waals surface area contributed by atoms with E-state index in [-0.39, 0.29) is 23.7 Å². The molecule has 1 atom stereocenters. The summed E-state index contributed by atoms with van der Waals surface area (Å²) in [4.78, 5) is 29.6. The second-order valence-electron chi connectivity index (χ2n) is 7.84. The Hall–Kier alpha value is -3.45. The van der Waals surface area contributed by atoms with Crippen LogP contribution in [0.3, 0.4) is 0 Å². The quantitative estimate of drug-likeness (QED) is 0.613. The maximum absolute atomic E-state index is 13.2. The van der Waals surface area contributed by atoms with E-state index < -0.39 is 0 Å². The maximum Gasteiger partial charge on any atom is 0.289 e. The number of hydrogen-bond donors (Lipinski definition) is 1. The third kappa shape index (κ3) is 5.42. The van der Waals surface area contributed by atoms with Gasteiger partial charge in [-0.2, -0.15) is 0 Å². The van der Waals surface area contributed by atoms with Gasteiger partial charge in [0, 0.05) is 31.9 Å². The molecule has 0 spiro atoms. The Morgan fingerprint density at radius 3 is 2.31 bits per heavy atom. The normalized spacial score (nSPS) is 15.3. The number of anilines is 1. The second kappa shape index (κ2) is 10.2. The minimum Gasteiger partial charge on any atom is -0.459 e. The van der Waals surface area contributed by atoms with Crippen molar-refractivity contribution < 1.29 is 18.4 Å². The molecule has 4 rings (SSSR count). The first-order valence-electron chi connectivity index (χ1n) is 10.8. The topological polar surface area (TPSA) is 65.8 Å². The summed E-state index contributed by atoms with van der Waals surface area (Å²) >= 11 is 0. The number of amides is 2. The van der Waals surface area contributed by atoms with Gasteiger partial charge in [0.25, 0.3) is 5.91 Å². The van der Waals surface area contributed by atoms with Gasteiger partial charge in [-0.3, -0.25) is 14.5 Å². The van der Waals surface area contributed by atoms with E-state index in [0.29, 0.717) is 44.0 Å². The van der Waals surface area contributed by atoms with E-state index in [0.717, 1.165) is 6.42 Å². The summed E-state index contributed by atoms with van der Waals surface area (Å²) in [5, 5.41) is 2.92. The Morgan fingerprint density at radius 1 is 0.938 bits per heavy atom. The Kier molecular flexibility index (Phi) is 6.97. The lowest BCUT2D eigenvalue weighted by Gasteiger charge is -2.38. The Labute approximate surface area is 186 Å². The van der Waals surface area contributed by atoms with Gasteiger partial charge in [0.2, 0.25) is 5.91 Å². The van der Waals surface area contributed by atoms with Gasteiger partial charge in [0.05, 0.1) is 12.3 Å². The number of nitrogens with one attached hydrogen (secondary N) is 1. The molecular formula is C25H26FN3O3. The molecule has 2 amide bonds. The molecule has 0 bridgehead atoms. The van der Waals surface area contributed by atoms with E-state index in [4.69, 9.17) is 4.42 Å². The lowest BCUT2D eigenvalue weighted by Crippen LogP contribution is -2.55. The van der Waals surface area contributed by atoms with Crippen molar-refractivity contribution in [2.45, 2.75) is 18.9 Å². The SMILES string of the molecule is O=C(Nc1ccc(F)cc1)C(CCc1ccccc1)N1CCN(C(=O)c2ccco2)CC1. The van der Waals surface area contributed by atoms with Crippen molar-refractivity contribution in [2.75, 3.05) is 31.5 Å². The van der Waals surface area contributed by atoms with Gasteiger partial charge in [-0.05, 0) is 54.8 Å². The highest BCUT2D eigenvalue weighted by molar-refractivity contribution is 5.95. The lowest BCUT2D eigenvalue weighted by atomic mass is 10.0. The van der Waals surface area contributed by atoms with Gasteiger partial charge in [-0.15, -0.1) is 0 Å². The molecule has 166 valence electrons. The van der Waals surface area contributed by atoms with Gasteiger partial charge < -0.3 is 14.6 Å². The van der Waals surface area contributed by atoms with Crippen LogP contribution in [0.5, 0.6) is 0 Å². The summed E-state index contributed by atoms with van der Waals surface area (Å²) in [6, 6.07) is 18.8. The number of carbonyl (C=O) groups is 2. The molecule has 1 unspecified atom stereocenters. The van der Waals surface area contributed by atoms with E-state index in [9.17, 15) is 14.0 Å². The van der Waals surface area contributed by atoms with Gasteiger partial charge in [0.15, 0.2) is 5.76 Å². The number of hydrogen-bond acceptors (Lipinski definition) is 4. The van der Waals surface area contributed by atoms with Crippen LogP contribution in [0.15, 0.2) is 77.4 Å². The van der Waals surface area contributed by atoms with Crippen LogP contribution >= 0.6 is 0 Å². The summed E-state index contributed by atoms with van der Waals surface area (Å²) in [6.45, 7) is 2.21. The predicted octanol–water partition coefficient (Wildman–Crippen LogP) is 3.82. The van der Waals surface area contributed by atoms with Gasteiger partial charge >= 0.3 is 0 Å². The summed E-state index contributed by atoms with van der Waals surface area (Å²) in [5.74, 6) is -0.279. The Morgan fingerprint density at radius 2 is 1.66 bits per heavy atom. The maximum atomic E-state index is 13.2. The molecule has 1 aliphatic rings. The van der Waals surface area contributed by atoms with Crippen molar-refractivity contribution in [2.24, 2.45) is 0 Å². The van der Waals surface area contributed by atoms with Crippen LogP contribution in [0.2, 0.25) is 0 Å². The van der Waals surface area contributed by atoms with Crippen LogP contribution in [0.4, 0.5) is 10.1 Å². The minimum atomic E-state index is -0.360. The number of piperazine rings is 1. The Balaban J connectivity index is 1.42. The van der Waals surface area contributed by atoms with E-state index in [1.165, 1.54) is 24.0 Å². The fraction of sp³-hybridized carbons (Fsp3) is 0.280. The Bertz CT molecular complexity index is 1010. The lowest BCUT2D eigenvalue weighted by molar-refractivity contribution is -0.122. The third-order valence-electron chi connectivity index (χ3n) is 5.74. The van der Waals surface area contributed by atoms with Gasteiger partial charge in [0.1, 0.15) is 5.82 Å². The highest BCUT2D eigenvalue weighted by atomic mass is 19.1. The molecule has 1 saturated heterocycles. The number of halogens is 1. The van der Waals surface area contributed by atoms with E-state index in [1.807, 2.05) is 18.2 Å². The standard InChI is InChI=1S/C25H26FN3O3/c26-20-9-11-21(12-10-20)27-24(30)22(13-8-19-5-2-1-3-6-19)28-14-16-29(17-15-28)25(31)23-7-4-18-32-23/h1-7,9-12,18,22H,8,13-17H2,(H,27,30). The second-order valence-corrected chi connectivity index (χ2v) is 7.84. The fourth-order valence-corrected chi connectivity index (χ4v) is 3.98. The number of nitrogens with zero attached hydrogens (tertiary/aromatic N) is 2. The summed E-state index contributed by atoms with van der Waals surface area (Å²) in [6.07, 6.45) is 2.89. The van der Waals surface area contributed by atoms with Crippen molar-refractivity contribution >= 4 is 17.5 Å². The van der Waals surface area contributed by atoms with Crippen LogP contribution in [0.25, 0.3) is 0 Å². The van der Waals surface area contributed by atoms with Crippen LogP contribution in [0.1, 0.15) is 22.5 Å². The van der Waals surface area contributed by atoms with Crippen LogP contribution in [-0.2, 0) is 11.2 Å². The molecule has 32 heavy (non-hydrogen) atoms. The zero-order valence-corrected chi connectivity index (χ0v) is 17.7. The summed E-state index contributed by atoms with van der Waals surface area (Å²) < 4.78 is 18.5. The first-order chi connectivity index (χ1) is 15.6. The zero-order chi connectivity index (χ0) is 22.3. The number of benzene rings is 2. The third-order valence-corrected chi connectivity index (χ3v) is 5.74. The van der Waals surface area contributed by atoms with Crippen molar-refractivity contribution in [3.8, 4) is 0 Å². The minimum absolute atomic E-state index is 0.127. The average Bonchev–Trinajstić information content (AvgIpc) is 3.36. The number of rotatable bonds is 7. The first kappa shape index (κ1) is 21.8. The number of aryl methyl sites for hydroxylation is 1. The molecule has 1 aliphatic heterocycles. The predicted molar refractivity (Wildman–Crippen MR) is 120 cm³/mol. The molecule has 0 aliphatic carbocycles. The monoisotopic (exact) mass is 435 g/mol. The van der Waals surface area contributed by atoms with Crippen LogP contribution in [0, 0.1) is 5.82 Å². The molecule has 7 heteroatoms. The number of carbonyl (C=O) groups excluding carboxylic acids is 2. The highest BCUT2D eigenvalue weighted by Crippen LogP contribution is 2.18. The average molecular weight is 435 g/mol. The molecule has 0 saturated carbocycles. The van der Waals surface area contributed by atoms with E-state index in [2.05, 4.69) is 22.3 Å². The summed E-state index contributed by atoms with van der Waals surface area (Å²) in [7, 11) is 0. The zero-order valence-electron chi connectivity index (χ0n) is 17.7. The molecule has 1 N–H and O–H groups in total. The molecule has 2 heterocycles. The first-order valence-corrected chi connectivity index (χ1v) is 10.8. The van der Waals surface area contributed by atoms with Crippen molar-refractivity contribution in [3.63, 3.8) is 0 Å². The number of furan rings is 1. The summed E-state index contributed by atoms with van der Waals surface area (Å²) in [5.41, 5.74) is 1.73. The van der Waals surface area contributed by atoms with Gasteiger partial charge in [-0.25, -0.2) is 4.39 Å². The van der Waals surface area contributed by atoms with E-state index >= 15 is 0 Å². The highest BCUT2D eigenvalue weighted by Gasteiger charge is 2.31. The fourth-order valence-electron chi connectivity index (χ4n) is 3.98. The van der Waals surface area contributed by atoms with E-state index in [1.54, 1.807) is 29.2 Å². The van der Waals surface area contributed by atoms with Crippen molar-refractivity contribution in [1.82, 2.24) is 9.80 Å². The smallest absolute Gasteiger partial charge is 0.289 e. The molecule has 6 nitrogen and oxygen atoms in total. The molecule has 1 aromatic heterocycles. The molecule has 3 aromatic rings. The largest absolute Gasteiger partial charge is 0.459 e. The van der Waals surface area contributed by atoms with Crippen LogP contribution < -0.4 is 5.32 Å². The van der Waals surface area contributed by atoms with Crippen molar-refractivity contribution in [3.05, 3.63) is 90.1 Å².